The van der Waals surface area contributed by atoms with Crippen LogP contribution in [0.15, 0.2) is 34.0 Å². The number of hydrogen-bond acceptors (Lipinski definition) is 6. The van der Waals surface area contributed by atoms with E-state index in [-0.39, 0.29) is 53.7 Å². The van der Waals surface area contributed by atoms with Crippen molar-refractivity contribution in [2.24, 2.45) is 11.8 Å². The number of esters is 1. The average Bonchev–Trinajstić information content (AvgIpc) is 2.77. The number of rotatable bonds is 6. The second kappa shape index (κ2) is 13.0. The third-order valence-corrected chi connectivity index (χ3v) is 13.0. The van der Waals surface area contributed by atoms with Crippen molar-refractivity contribution in [3.63, 3.8) is 0 Å². The van der Waals surface area contributed by atoms with E-state index < -0.39 is 14.1 Å². The number of halogens is 1. The topological polar surface area (TPSA) is 63.2 Å². The lowest BCUT2D eigenvalue weighted by Crippen LogP contribution is -2.59. The fraction of sp³-hybridized carbons (Fsp3) is 0.750. The average molecular weight is 635 g/mol. The molecule has 2 heterocycles. The number of allylic oxidation sites excluding steroid dienone is 2. The molecule has 0 aliphatic carbocycles. The summed E-state index contributed by atoms with van der Waals surface area (Å²) in [5, 5.41) is 0.0580. The van der Waals surface area contributed by atoms with E-state index in [1.807, 2.05) is 22.3 Å². The van der Waals surface area contributed by atoms with Gasteiger partial charge in [0.05, 0.1) is 24.7 Å². The maximum absolute atomic E-state index is 13.2. The van der Waals surface area contributed by atoms with E-state index in [4.69, 9.17) is 23.4 Å². The molecule has 206 valence electrons. The van der Waals surface area contributed by atoms with Crippen molar-refractivity contribution in [2.45, 2.75) is 109 Å². The number of cyclic esters (lactones) is 1. The van der Waals surface area contributed by atoms with Gasteiger partial charge in [-0.1, -0.05) is 81.0 Å². The normalized spacial score (nSPS) is 36.8. The molecule has 2 aliphatic heterocycles. The first-order valence-electron chi connectivity index (χ1n) is 12.9. The zero-order valence-corrected chi connectivity index (χ0v) is 27.0. The van der Waals surface area contributed by atoms with Crippen LogP contribution in [0, 0.1) is 11.8 Å². The molecular weight excluding hydrogens is 587 g/mol. The van der Waals surface area contributed by atoms with Gasteiger partial charge in [-0.2, -0.15) is 0 Å². The van der Waals surface area contributed by atoms with Gasteiger partial charge >= 0.3 is 5.97 Å². The van der Waals surface area contributed by atoms with E-state index >= 15 is 0 Å². The first-order chi connectivity index (χ1) is 16.7. The van der Waals surface area contributed by atoms with Crippen molar-refractivity contribution >= 4 is 36.9 Å². The SMILES string of the molecule is CO[C@@H]1/C=C(\C)C[C@H](/C=C/C=C/I)OC(=O)C[C@]2(OC)C[C@H](O[Si](C)(C)C(C)(C)C)[C@@H](C)[C@@H](O2)[C@@H]1C. The summed E-state index contributed by atoms with van der Waals surface area (Å²) < 4.78 is 33.5. The smallest absolute Gasteiger partial charge is 0.311 e. The minimum atomic E-state index is -2.09. The molecule has 6 nitrogen and oxygen atoms in total. The molecule has 1 fully saturated rings. The Morgan fingerprint density at radius 3 is 2.39 bits per heavy atom. The van der Waals surface area contributed by atoms with Gasteiger partial charge in [-0.25, -0.2) is 0 Å². The van der Waals surface area contributed by atoms with Gasteiger partial charge in [0.25, 0.3) is 0 Å². The molecule has 2 rings (SSSR count). The van der Waals surface area contributed by atoms with Gasteiger partial charge in [0.2, 0.25) is 0 Å². The predicted molar refractivity (Wildman–Crippen MR) is 156 cm³/mol. The Kier molecular flexibility index (Phi) is 11.5. The van der Waals surface area contributed by atoms with E-state index in [1.54, 1.807) is 14.2 Å². The van der Waals surface area contributed by atoms with Crippen molar-refractivity contribution in [3.8, 4) is 0 Å². The third kappa shape index (κ3) is 7.99. The molecule has 2 aliphatic rings. The van der Waals surface area contributed by atoms with E-state index in [0.29, 0.717) is 12.8 Å². The molecule has 2 bridgehead atoms. The van der Waals surface area contributed by atoms with E-state index in [0.717, 1.165) is 5.57 Å². The number of methoxy groups -OCH3 is 2. The maximum atomic E-state index is 13.2. The van der Waals surface area contributed by atoms with Gasteiger partial charge in [-0.05, 0) is 35.2 Å². The van der Waals surface area contributed by atoms with Crippen LogP contribution in [-0.4, -0.2) is 58.7 Å². The summed E-state index contributed by atoms with van der Waals surface area (Å²) in [5.41, 5.74) is 1.10. The second-order valence-electron chi connectivity index (χ2n) is 11.9. The van der Waals surface area contributed by atoms with Crippen molar-refractivity contribution in [2.75, 3.05) is 14.2 Å². The Bertz CT molecular complexity index is 832. The minimum Gasteiger partial charge on any atom is -0.458 e. The Morgan fingerprint density at radius 1 is 1.17 bits per heavy atom. The summed E-state index contributed by atoms with van der Waals surface area (Å²) >= 11 is 2.16. The largest absolute Gasteiger partial charge is 0.458 e. The molecule has 0 unspecified atom stereocenters. The zero-order valence-electron chi connectivity index (χ0n) is 23.8. The van der Waals surface area contributed by atoms with E-state index in [9.17, 15) is 4.79 Å². The molecule has 8 heteroatoms. The van der Waals surface area contributed by atoms with Crippen LogP contribution in [-0.2, 0) is 28.2 Å². The highest BCUT2D eigenvalue weighted by molar-refractivity contribution is 14.1. The van der Waals surface area contributed by atoms with Crippen molar-refractivity contribution < 1.29 is 28.2 Å². The molecule has 1 saturated heterocycles. The summed E-state index contributed by atoms with van der Waals surface area (Å²) in [4.78, 5) is 13.2. The Hall–Kier alpha value is -0.523. The lowest BCUT2D eigenvalue weighted by Gasteiger charge is -2.52. The predicted octanol–water partition coefficient (Wildman–Crippen LogP) is 6.95. The standard InChI is InChI=1S/C28H47IO6Si/c1-19-15-22(13-11-12-14-29)33-25(30)18-28(32-8)17-24(35-36(9,10)27(4,5)6)21(3)26(34-28)20(2)23(16-19)31-7/h11-14,16,20-24,26H,15,17-18H2,1-10H3/b13-11+,14-12+,19-16+/t20-,21-,22+,23-,24+,26+,28+/m1/s1. The molecule has 0 saturated carbocycles. The quantitative estimate of drug-likeness (QED) is 0.104. The first kappa shape index (κ1) is 31.7. The van der Waals surface area contributed by atoms with Gasteiger partial charge in [-0.3, -0.25) is 4.79 Å². The lowest BCUT2D eigenvalue weighted by molar-refractivity contribution is -0.310. The first-order valence-corrected chi connectivity index (χ1v) is 17.1. The maximum Gasteiger partial charge on any atom is 0.311 e. The van der Waals surface area contributed by atoms with Crippen LogP contribution in [0.3, 0.4) is 0 Å². The van der Waals surface area contributed by atoms with Gasteiger partial charge in [0, 0.05) is 38.9 Å². The Labute approximate surface area is 233 Å². The Balaban J connectivity index is 2.54. The molecule has 0 radical (unpaired) electrons. The minimum absolute atomic E-state index is 0.00365. The summed E-state index contributed by atoms with van der Waals surface area (Å²) in [6.45, 7) is 17.7. The highest BCUT2D eigenvalue weighted by Gasteiger charge is 2.52. The summed E-state index contributed by atoms with van der Waals surface area (Å²) in [6, 6.07) is 0. The monoisotopic (exact) mass is 634 g/mol. The van der Waals surface area contributed by atoms with Crippen LogP contribution >= 0.6 is 22.6 Å². The van der Waals surface area contributed by atoms with Crippen LogP contribution < -0.4 is 0 Å². The van der Waals surface area contributed by atoms with E-state index in [2.05, 4.69) is 83.3 Å². The van der Waals surface area contributed by atoms with Crippen molar-refractivity contribution in [1.29, 1.82) is 0 Å². The number of ether oxygens (including phenoxy) is 4. The highest BCUT2D eigenvalue weighted by Crippen LogP contribution is 2.45. The third-order valence-electron chi connectivity index (χ3n) is 8.08. The van der Waals surface area contributed by atoms with E-state index in [1.165, 1.54) is 0 Å². The summed E-state index contributed by atoms with van der Waals surface area (Å²) in [7, 11) is 1.26. The summed E-state index contributed by atoms with van der Waals surface area (Å²) in [6.07, 6.45) is 8.06. The lowest BCUT2D eigenvalue weighted by atomic mass is 9.80. The number of carbonyl (C=O) groups is 1. The molecule has 36 heavy (non-hydrogen) atoms. The fourth-order valence-corrected chi connectivity index (χ4v) is 6.46. The van der Waals surface area contributed by atoms with Gasteiger partial charge in [0.15, 0.2) is 14.1 Å². The molecule has 0 aromatic carbocycles. The molecule has 0 N–H and O–H groups in total. The van der Waals surface area contributed by atoms with Crippen molar-refractivity contribution in [1.82, 2.24) is 0 Å². The molecule has 0 amide bonds. The van der Waals surface area contributed by atoms with Crippen LogP contribution in [0.2, 0.25) is 18.1 Å². The van der Waals surface area contributed by atoms with Crippen LogP contribution in [0.1, 0.15) is 60.8 Å². The van der Waals surface area contributed by atoms with Crippen LogP contribution in [0.4, 0.5) is 0 Å². The molecular formula is C28H47IO6Si. The van der Waals surface area contributed by atoms with Crippen molar-refractivity contribution in [3.05, 3.63) is 34.0 Å². The number of hydrogen-bond donors (Lipinski definition) is 0. The van der Waals surface area contributed by atoms with Gasteiger partial charge in [-0.15, -0.1) is 0 Å². The number of carbonyl (C=O) groups excluding carboxylic acids is 1. The molecule has 7 atom stereocenters. The Morgan fingerprint density at radius 2 is 1.83 bits per heavy atom. The number of fused-ring (bicyclic) bond motifs is 2. The highest BCUT2D eigenvalue weighted by atomic mass is 127. The molecule has 0 aromatic heterocycles. The van der Waals surface area contributed by atoms with Crippen LogP contribution in [0.5, 0.6) is 0 Å². The molecule has 0 aromatic rings. The fourth-order valence-electron chi connectivity index (χ4n) is 4.81. The molecule has 0 spiro atoms. The van der Waals surface area contributed by atoms with Gasteiger partial charge < -0.3 is 23.4 Å². The zero-order chi connectivity index (χ0) is 27.3. The van der Waals surface area contributed by atoms with Crippen LogP contribution in [0.25, 0.3) is 0 Å². The second-order valence-corrected chi connectivity index (χ2v) is 17.3. The summed E-state index contributed by atoms with van der Waals surface area (Å²) in [5.74, 6) is -1.35. The van der Waals surface area contributed by atoms with Gasteiger partial charge in [0.1, 0.15) is 6.10 Å².